The van der Waals surface area contributed by atoms with Crippen LogP contribution in [0.15, 0.2) is 72.9 Å². The lowest BCUT2D eigenvalue weighted by molar-refractivity contribution is 0.0993. The zero-order chi connectivity index (χ0) is 16.5. The maximum Gasteiger partial charge on any atom is 0.262 e. The number of hydrogen-bond donors (Lipinski definition) is 1. The Balaban J connectivity index is 1.79. The normalized spacial score (nSPS) is 16.1. The van der Waals surface area contributed by atoms with Crippen LogP contribution in [0.4, 0.5) is 11.4 Å². The third-order valence-electron chi connectivity index (χ3n) is 4.19. The van der Waals surface area contributed by atoms with Crippen molar-refractivity contribution >= 4 is 17.3 Å². The summed E-state index contributed by atoms with van der Waals surface area (Å²) in [4.78, 5) is 19.2. The van der Waals surface area contributed by atoms with Crippen molar-refractivity contribution in [3.05, 3.63) is 89.7 Å². The van der Waals surface area contributed by atoms with Gasteiger partial charge in [-0.15, -0.1) is 0 Å². The number of amides is 1. The van der Waals surface area contributed by atoms with E-state index in [1.54, 1.807) is 17.2 Å². The van der Waals surface area contributed by atoms with E-state index < -0.39 is 0 Å². The SMILES string of the molecule is Cc1ccc(N2C(=O)c3cccnc3C2Nc2ccccc2)cc1. The molecule has 24 heavy (non-hydrogen) atoms. The summed E-state index contributed by atoms with van der Waals surface area (Å²) in [6.07, 6.45) is 1.41. The maximum absolute atomic E-state index is 12.9. The van der Waals surface area contributed by atoms with Crippen molar-refractivity contribution < 1.29 is 4.79 Å². The lowest BCUT2D eigenvalue weighted by atomic mass is 10.2. The molecule has 1 unspecified atom stereocenters. The Labute approximate surface area is 140 Å². The van der Waals surface area contributed by atoms with Gasteiger partial charge in [0.15, 0.2) is 6.17 Å². The van der Waals surface area contributed by atoms with Gasteiger partial charge in [-0.1, -0.05) is 35.9 Å². The van der Waals surface area contributed by atoms with Crippen molar-refractivity contribution in [2.45, 2.75) is 13.1 Å². The average molecular weight is 315 g/mol. The Bertz CT molecular complexity index is 875. The van der Waals surface area contributed by atoms with E-state index in [2.05, 4.69) is 10.3 Å². The number of pyridine rings is 1. The van der Waals surface area contributed by atoms with Crippen LogP contribution in [0.2, 0.25) is 0 Å². The number of aryl methyl sites for hydroxylation is 1. The van der Waals surface area contributed by atoms with Crippen LogP contribution in [-0.2, 0) is 0 Å². The molecule has 1 atom stereocenters. The number of nitrogens with zero attached hydrogens (tertiary/aromatic N) is 2. The molecule has 0 bridgehead atoms. The highest BCUT2D eigenvalue weighted by molar-refractivity contribution is 6.11. The molecule has 4 rings (SSSR count). The Kier molecular flexibility index (Phi) is 3.50. The molecule has 1 aromatic heterocycles. The number of fused-ring (bicyclic) bond motifs is 1. The van der Waals surface area contributed by atoms with Crippen molar-refractivity contribution in [1.29, 1.82) is 0 Å². The smallest absolute Gasteiger partial charge is 0.262 e. The Hall–Kier alpha value is -3.14. The van der Waals surface area contributed by atoms with Crippen LogP contribution in [0, 0.1) is 6.92 Å². The molecule has 1 N–H and O–H groups in total. The van der Waals surface area contributed by atoms with Crippen molar-refractivity contribution in [3.8, 4) is 0 Å². The van der Waals surface area contributed by atoms with E-state index in [0.29, 0.717) is 5.56 Å². The number of aromatic nitrogens is 1. The summed E-state index contributed by atoms with van der Waals surface area (Å²) >= 11 is 0. The van der Waals surface area contributed by atoms with Gasteiger partial charge in [-0.05, 0) is 43.3 Å². The number of benzene rings is 2. The van der Waals surface area contributed by atoms with Gasteiger partial charge in [0.2, 0.25) is 0 Å². The van der Waals surface area contributed by atoms with Crippen molar-refractivity contribution in [2.75, 3.05) is 10.2 Å². The highest BCUT2D eigenvalue weighted by Crippen LogP contribution is 2.36. The van der Waals surface area contributed by atoms with Gasteiger partial charge < -0.3 is 5.32 Å². The Morgan fingerprint density at radius 2 is 1.71 bits per heavy atom. The summed E-state index contributed by atoms with van der Waals surface area (Å²) in [5.41, 5.74) is 4.37. The van der Waals surface area contributed by atoms with Crippen molar-refractivity contribution in [2.24, 2.45) is 0 Å². The van der Waals surface area contributed by atoms with Gasteiger partial charge in [0.1, 0.15) is 0 Å². The molecular formula is C20H17N3O. The number of carbonyl (C=O) groups is 1. The second kappa shape index (κ2) is 5.81. The van der Waals surface area contributed by atoms with Crippen molar-refractivity contribution in [1.82, 2.24) is 4.98 Å². The summed E-state index contributed by atoms with van der Waals surface area (Å²) in [5.74, 6) is -0.0321. The second-order valence-corrected chi connectivity index (χ2v) is 5.86. The minimum atomic E-state index is -0.321. The summed E-state index contributed by atoms with van der Waals surface area (Å²) in [7, 11) is 0. The lowest BCUT2D eigenvalue weighted by Crippen LogP contribution is -2.32. The molecule has 1 aliphatic rings. The number of anilines is 2. The molecule has 2 heterocycles. The van der Waals surface area contributed by atoms with E-state index in [-0.39, 0.29) is 12.1 Å². The van der Waals surface area contributed by atoms with E-state index >= 15 is 0 Å². The maximum atomic E-state index is 12.9. The molecule has 0 fully saturated rings. The predicted molar refractivity (Wildman–Crippen MR) is 95.0 cm³/mol. The third-order valence-corrected chi connectivity index (χ3v) is 4.19. The molecule has 0 spiro atoms. The summed E-state index contributed by atoms with van der Waals surface area (Å²) in [5, 5.41) is 3.43. The Morgan fingerprint density at radius 3 is 2.46 bits per heavy atom. The van der Waals surface area contributed by atoms with Crippen LogP contribution in [-0.4, -0.2) is 10.9 Å². The summed E-state index contributed by atoms with van der Waals surface area (Å²) < 4.78 is 0. The van der Waals surface area contributed by atoms with Crippen LogP contribution in [0.5, 0.6) is 0 Å². The van der Waals surface area contributed by atoms with E-state index in [1.807, 2.05) is 67.6 Å². The fraction of sp³-hybridized carbons (Fsp3) is 0.100. The van der Waals surface area contributed by atoms with E-state index in [0.717, 1.165) is 22.6 Å². The molecule has 0 saturated heterocycles. The highest BCUT2D eigenvalue weighted by Gasteiger charge is 2.38. The molecule has 3 aromatic rings. The minimum absolute atomic E-state index is 0.0321. The average Bonchev–Trinajstić information content (AvgIpc) is 2.89. The monoisotopic (exact) mass is 315 g/mol. The van der Waals surface area contributed by atoms with E-state index in [9.17, 15) is 4.79 Å². The molecular weight excluding hydrogens is 298 g/mol. The number of carbonyl (C=O) groups excluding carboxylic acids is 1. The Morgan fingerprint density at radius 1 is 0.958 bits per heavy atom. The number of rotatable bonds is 3. The van der Waals surface area contributed by atoms with Crippen LogP contribution >= 0.6 is 0 Å². The quantitative estimate of drug-likeness (QED) is 0.789. The van der Waals surface area contributed by atoms with Gasteiger partial charge in [0.25, 0.3) is 5.91 Å². The summed E-state index contributed by atoms with van der Waals surface area (Å²) in [6, 6.07) is 21.5. The number of hydrogen-bond acceptors (Lipinski definition) is 3. The van der Waals surface area contributed by atoms with Crippen LogP contribution in [0.1, 0.15) is 27.8 Å². The highest BCUT2D eigenvalue weighted by atomic mass is 16.2. The zero-order valence-corrected chi connectivity index (χ0v) is 13.3. The first-order valence-electron chi connectivity index (χ1n) is 7.91. The summed E-state index contributed by atoms with van der Waals surface area (Å²) in [6.45, 7) is 2.03. The molecule has 0 aliphatic carbocycles. The van der Waals surface area contributed by atoms with Gasteiger partial charge in [-0.2, -0.15) is 0 Å². The first-order chi connectivity index (χ1) is 11.7. The molecule has 4 nitrogen and oxygen atoms in total. The first kappa shape index (κ1) is 14.5. The third kappa shape index (κ3) is 2.42. The number of nitrogens with one attached hydrogen (secondary N) is 1. The largest absolute Gasteiger partial charge is 0.360 e. The van der Waals surface area contributed by atoms with E-state index in [1.165, 1.54) is 0 Å². The standard InChI is InChI=1S/C20H17N3O/c1-14-9-11-16(12-10-14)23-19(22-15-6-3-2-4-7-15)18-17(20(23)24)8-5-13-21-18/h2-13,19,22H,1H3. The second-order valence-electron chi connectivity index (χ2n) is 5.86. The van der Waals surface area contributed by atoms with Gasteiger partial charge in [-0.3, -0.25) is 14.7 Å². The van der Waals surface area contributed by atoms with Gasteiger partial charge in [0.05, 0.1) is 11.3 Å². The van der Waals surface area contributed by atoms with Crippen molar-refractivity contribution in [3.63, 3.8) is 0 Å². The first-order valence-corrected chi connectivity index (χ1v) is 7.91. The van der Waals surface area contributed by atoms with Crippen LogP contribution in [0.25, 0.3) is 0 Å². The van der Waals surface area contributed by atoms with Gasteiger partial charge in [0, 0.05) is 17.6 Å². The number of para-hydroxylation sites is 1. The zero-order valence-electron chi connectivity index (χ0n) is 13.3. The molecule has 4 heteroatoms. The van der Waals surface area contributed by atoms with Crippen LogP contribution in [0.3, 0.4) is 0 Å². The topological polar surface area (TPSA) is 45.2 Å². The molecule has 118 valence electrons. The van der Waals surface area contributed by atoms with E-state index in [4.69, 9.17) is 0 Å². The molecule has 0 saturated carbocycles. The van der Waals surface area contributed by atoms with Gasteiger partial charge in [-0.25, -0.2) is 0 Å². The molecule has 1 aliphatic heterocycles. The molecule has 0 radical (unpaired) electrons. The lowest BCUT2D eigenvalue weighted by Gasteiger charge is -2.26. The fourth-order valence-electron chi connectivity index (χ4n) is 2.98. The molecule has 1 amide bonds. The predicted octanol–water partition coefficient (Wildman–Crippen LogP) is 4.16. The van der Waals surface area contributed by atoms with Crippen LogP contribution < -0.4 is 10.2 Å². The minimum Gasteiger partial charge on any atom is -0.360 e. The fourth-order valence-corrected chi connectivity index (χ4v) is 2.98. The van der Waals surface area contributed by atoms with Gasteiger partial charge >= 0.3 is 0 Å². The molecule has 2 aromatic carbocycles.